The Balaban J connectivity index is 1.48. The van der Waals surface area contributed by atoms with E-state index >= 15 is 0 Å². The first-order valence-corrected chi connectivity index (χ1v) is 10.8. The fraction of sp³-hybridized carbons (Fsp3) is 0.192. The van der Waals surface area contributed by atoms with Crippen LogP contribution in [0.15, 0.2) is 77.6 Å². The van der Waals surface area contributed by atoms with Crippen LogP contribution in [0.1, 0.15) is 22.7 Å². The summed E-state index contributed by atoms with van der Waals surface area (Å²) in [6, 6.07) is 22.4. The summed E-state index contributed by atoms with van der Waals surface area (Å²) in [6.45, 7) is 0.892. The molecule has 2 heterocycles. The van der Waals surface area contributed by atoms with Crippen molar-refractivity contribution in [2.75, 3.05) is 13.7 Å². The molecule has 0 saturated heterocycles. The number of nitrogens with one attached hydrogen (secondary N) is 1. The molecule has 7 heteroatoms. The number of aromatic nitrogens is 2. The van der Waals surface area contributed by atoms with Crippen LogP contribution < -0.4 is 15.6 Å². The summed E-state index contributed by atoms with van der Waals surface area (Å²) in [6.07, 6.45) is 0. The minimum atomic E-state index is -0.503. The van der Waals surface area contributed by atoms with Gasteiger partial charge in [0, 0.05) is 23.6 Å². The van der Waals surface area contributed by atoms with Crippen LogP contribution >= 0.6 is 0 Å². The average molecular weight is 441 g/mol. The molecule has 1 aromatic heterocycles. The molecule has 0 bridgehead atoms. The second-order valence-electron chi connectivity index (χ2n) is 7.84. The fourth-order valence-corrected chi connectivity index (χ4v) is 4.23. The van der Waals surface area contributed by atoms with Gasteiger partial charge in [-0.2, -0.15) is 5.10 Å². The van der Waals surface area contributed by atoms with E-state index in [1.807, 2.05) is 66.7 Å². The van der Waals surface area contributed by atoms with Gasteiger partial charge in [-0.05, 0) is 18.2 Å². The van der Waals surface area contributed by atoms with Crippen LogP contribution in [0.25, 0.3) is 10.8 Å². The van der Waals surface area contributed by atoms with Gasteiger partial charge in [-0.15, -0.1) is 0 Å². The number of hydrogen-bond acceptors (Lipinski definition) is 5. The molecule has 7 nitrogen and oxygen atoms in total. The van der Waals surface area contributed by atoms with Crippen molar-refractivity contribution in [3.05, 3.63) is 100.0 Å². The zero-order valence-corrected chi connectivity index (χ0v) is 18.2. The first-order chi connectivity index (χ1) is 16.2. The van der Waals surface area contributed by atoms with Gasteiger partial charge in [-0.3, -0.25) is 9.59 Å². The Kier molecular flexibility index (Phi) is 5.62. The van der Waals surface area contributed by atoms with Crippen molar-refractivity contribution in [3.8, 4) is 11.5 Å². The number of ether oxygens (including phenoxy) is 2. The summed E-state index contributed by atoms with van der Waals surface area (Å²) >= 11 is 0. The van der Waals surface area contributed by atoms with E-state index in [4.69, 9.17) is 9.47 Å². The zero-order valence-electron chi connectivity index (χ0n) is 18.2. The molecular weight excluding hydrogens is 418 g/mol. The highest BCUT2D eigenvalue weighted by Gasteiger charge is 2.32. The number of benzene rings is 3. The van der Waals surface area contributed by atoms with E-state index < -0.39 is 5.92 Å². The predicted octanol–water partition coefficient (Wildman–Crippen LogP) is 3.60. The average Bonchev–Trinajstić information content (AvgIpc) is 2.86. The van der Waals surface area contributed by atoms with Crippen molar-refractivity contribution in [2.45, 2.75) is 19.0 Å². The molecule has 33 heavy (non-hydrogen) atoms. The largest absolute Gasteiger partial charge is 0.457 e. The van der Waals surface area contributed by atoms with E-state index in [1.54, 1.807) is 13.2 Å². The first-order valence-electron chi connectivity index (χ1n) is 10.8. The number of amides is 1. The number of carbonyl (C=O) groups is 1. The van der Waals surface area contributed by atoms with Gasteiger partial charge in [-0.1, -0.05) is 54.6 Å². The van der Waals surface area contributed by atoms with E-state index in [1.165, 1.54) is 4.68 Å². The summed E-state index contributed by atoms with van der Waals surface area (Å²) in [4.78, 5) is 26.3. The maximum Gasteiger partial charge on any atom is 0.274 e. The van der Waals surface area contributed by atoms with Crippen molar-refractivity contribution in [1.82, 2.24) is 15.1 Å². The number of carbonyl (C=O) groups excluding carboxylic acids is 1. The number of para-hydroxylation sites is 2. The Morgan fingerprint density at radius 3 is 2.24 bits per heavy atom. The van der Waals surface area contributed by atoms with E-state index in [2.05, 4.69) is 10.4 Å². The Bertz CT molecular complexity index is 1350. The van der Waals surface area contributed by atoms with Crippen molar-refractivity contribution in [3.63, 3.8) is 0 Å². The lowest BCUT2D eigenvalue weighted by atomic mass is 9.87. The van der Waals surface area contributed by atoms with Crippen LogP contribution in [-0.2, 0) is 22.6 Å². The quantitative estimate of drug-likeness (QED) is 0.494. The lowest BCUT2D eigenvalue weighted by molar-refractivity contribution is -0.122. The molecule has 0 aliphatic carbocycles. The Labute approximate surface area is 190 Å². The van der Waals surface area contributed by atoms with Gasteiger partial charge < -0.3 is 14.8 Å². The molecule has 3 aromatic carbocycles. The lowest BCUT2D eigenvalue weighted by Gasteiger charge is -2.27. The highest BCUT2D eigenvalue weighted by molar-refractivity contribution is 5.90. The SMILES string of the molecule is COCCn1nc(CNC(=O)C2c3ccccc3Oc3ccccc32)c2ccccc2c1=O. The molecule has 166 valence electrons. The molecule has 1 aliphatic rings. The summed E-state index contributed by atoms with van der Waals surface area (Å²) in [5.41, 5.74) is 2.08. The number of nitrogens with zero attached hydrogens (tertiary/aromatic N) is 2. The highest BCUT2D eigenvalue weighted by Crippen LogP contribution is 2.43. The summed E-state index contributed by atoms with van der Waals surface area (Å²) in [7, 11) is 1.58. The maximum atomic E-state index is 13.5. The molecule has 0 spiro atoms. The smallest absolute Gasteiger partial charge is 0.274 e. The van der Waals surface area contributed by atoms with Gasteiger partial charge in [0.05, 0.1) is 36.7 Å². The van der Waals surface area contributed by atoms with Crippen LogP contribution in [0, 0.1) is 0 Å². The van der Waals surface area contributed by atoms with Crippen molar-refractivity contribution < 1.29 is 14.3 Å². The predicted molar refractivity (Wildman–Crippen MR) is 125 cm³/mol. The third kappa shape index (κ3) is 3.87. The topological polar surface area (TPSA) is 82.4 Å². The molecule has 1 aliphatic heterocycles. The molecule has 4 aromatic rings. The Morgan fingerprint density at radius 1 is 0.970 bits per heavy atom. The monoisotopic (exact) mass is 441 g/mol. The summed E-state index contributed by atoms with van der Waals surface area (Å²) in [5, 5.41) is 8.86. The maximum absolute atomic E-state index is 13.5. The van der Waals surface area contributed by atoms with Crippen molar-refractivity contribution in [2.24, 2.45) is 0 Å². The first kappa shape index (κ1) is 20.9. The standard InChI is InChI=1S/C26H23N3O4/c1-32-15-14-29-26(31)18-9-3-2-8-17(18)21(28-29)16-27-25(30)24-19-10-4-6-12-22(19)33-23-13-7-5-11-20(23)24/h2-13,24H,14-16H2,1H3,(H,27,30). The fourth-order valence-electron chi connectivity index (χ4n) is 4.23. The molecule has 0 atom stereocenters. The van der Waals surface area contributed by atoms with E-state index in [0.717, 1.165) is 16.5 Å². The van der Waals surface area contributed by atoms with Gasteiger partial charge in [0.15, 0.2) is 0 Å². The van der Waals surface area contributed by atoms with Gasteiger partial charge in [0.25, 0.3) is 5.56 Å². The molecular formula is C26H23N3O4. The van der Waals surface area contributed by atoms with E-state index in [9.17, 15) is 9.59 Å². The van der Waals surface area contributed by atoms with Gasteiger partial charge >= 0.3 is 0 Å². The number of fused-ring (bicyclic) bond motifs is 3. The van der Waals surface area contributed by atoms with Gasteiger partial charge in [0.2, 0.25) is 5.91 Å². The van der Waals surface area contributed by atoms with Gasteiger partial charge in [0.1, 0.15) is 11.5 Å². The molecule has 1 amide bonds. The Morgan fingerprint density at radius 2 is 1.58 bits per heavy atom. The highest BCUT2D eigenvalue weighted by atomic mass is 16.5. The van der Waals surface area contributed by atoms with Crippen LogP contribution in [-0.4, -0.2) is 29.4 Å². The number of methoxy groups -OCH3 is 1. The van der Waals surface area contributed by atoms with Crippen LogP contribution in [0.5, 0.6) is 11.5 Å². The molecule has 1 N–H and O–H groups in total. The molecule has 0 fully saturated rings. The van der Waals surface area contributed by atoms with Crippen LogP contribution in [0.2, 0.25) is 0 Å². The molecule has 0 unspecified atom stereocenters. The number of rotatable bonds is 6. The minimum absolute atomic E-state index is 0.154. The summed E-state index contributed by atoms with van der Waals surface area (Å²) in [5.74, 6) is 0.691. The van der Waals surface area contributed by atoms with E-state index in [-0.39, 0.29) is 18.0 Å². The Hall–Kier alpha value is -3.97. The summed E-state index contributed by atoms with van der Waals surface area (Å²) < 4.78 is 12.5. The normalized spacial score (nSPS) is 12.6. The minimum Gasteiger partial charge on any atom is -0.457 e. The third-order valence-electron chi connectivity index (χ3n) is 5.82. The molecule has 5 rings (SSSR count). The number of hydrogen-bond donors (Lipinski definition) is 1. The van der Waals surface area contributed by atoms with Crippen LogP contribution in [0.4, 0.5) is 0 Å². The van der Waals surface area contributed by atoms with E-state index in [0.29, 0.717) is 35.7 Å². The van der Waals surface area contributed by atoms with Crippen molar-refractivity contribution in [1.29, 1.82) is 0 Å². The zero-order chi connectivity index (χ0) is 22.8. The molecule has 0 radical (unpaired) electrons. The second-order valence-corrected chi connectivity index (χ2v) is 7.84. The van der Waals surface area contributed by atoms with Gasteiger partial charge in [-0.25, -0.2) is 4.68 Å². The molecule has 0 saturated carbocycles. The van der Waals surface area contributed by atoms with Crippen molar-refractivity contribution >= 4 is 16.7 Å². The third-order valence-corrected chi connectivity index (χ3v) is 5.82. The second kappa shape index (κ2) is 8.88. The lowest BCUT2D eigenvalue weighted by Crippen LogP contribution is -2.33. The van der Waals surface area contributed by atoms with Crippen LogP contribution in [0.3, 0.4) is 0 Å².